The largest absolute Gasteiger partial charge is 0.309 e. The first-order valence-electron chi connectivity index (χ1n) is 12.7. The number of hydrogen-bond acceptors (Lipinski definition) is 0. The van der Waals surface area contributed by atoms with E-state index < -0.39 is 5.41 Å². The minimum absolute atomic E-state index is 0.431. The molecule has 0 radical (unpaired) electrons. The van der Waals surface area contributed by atoms with Crippen LogP contribution in [0.3, 0.4) is 0 Å². The number of halogens is 1. The average molecular weight is 490 g/mol. The molecule has 0 bridgehead atoms. The van der Waals surface area contributed by atoms with Crippen molar-refractivity contribution in [2.75, 3.05) is 0 Å². The van der Waals surface area contributed by atoms with Crippen molar-refractivity contribution in [2.24, 2.45) is 0 Å². The molecule has 1 unspecified atom stereocenters. The maximum atomic E-state index is 6.68. The van der Waals surface area contributed by atoms with Gasteiger partial charge >= 0.3 is 0 Å². The Hall–Kier alpha value is -4.33. The molecule has 1 aliphatic carbocycles. The van der Waals surface area contributed by atoms with Crippen molar-refractivity contribution < 1.29 is 0 Å². The standard InChI is InChI=1S/C35H20ClN/c36-22-17-19-27-26(20-22)33-23-9-2-1-8-21(23)16-18-29(33)35(27)28-12-4-6-15-32(28)37-31-14-5-3-10-24(31)25-11-7-13-30(35)34(25)37/h1-20H. The van der Waals surface area contributed by atoms with Gasteiger partial charge in [0, 0.05) is 15.8 Å². The van der Waals surface area contributed by atoms with Gasteiger partial charge in [0.2, 0.25) is 0 Å². The molecular formula is C35H20ClN. The molecule has 2 heterocycles. The van der Waals surface area contributed by atoms with Gasteiger partial charge in [0.05, 0.1) is 22.1 Å². The minimum atomic E-state index is -0.431. The number of nitrogens with zero attached hydrogens (tertiary/aromatic N) is 1. The zero-order chi connectivity index (χ0) is 24.3. The Labute approximate surface area is 219 Å². The van der Waals surface area contributed by atoms with E-state index >= 15 is 0 Å². The monoisotopic (exact) mass is 489 g/mol. The molecule has 0 saturated carbocycles. The summed E-state index contributed by atoms with van der Waals surface area (Å²) in [5.74, 6) is 0. The number of aromatic nitrogens is 1. The van der Waals surface area contributed by atoms with Gasteiger partial charge in [-0.2, -0.15) is 0 Å². The Morgan fingerprint density at radius 3 is 2.22 bits per heavy atom. The van der Waals surface area contributed by atoms with Gasteiger partial charge in [-0.15, -0.1) is 0 Å². The molecule has 1 spiro atoms. The van der Waals surface area contributed by atoms with Gasteiger partial charge in [-0.3, -0.25) is 0 Å². The first kappa shape index (κ1) is 19.8. The Bertz CT molecular complexity index is 2110. The van der Waals surface area contributed by atoms with Crippen LogP contribution in [-0.4, -0.2) is 4.57 Å². The van der Waals surface area contributed by atoms with Crippen LogP contribution in [0, 0.1) is 0 Å². The molecule has 2 aliphatic rings. The van der Waals surface area contributed by atoms with E-state index in [0.29, 0.717) is 0 Å². The summed E-state index contributed by atoms with van der Waals surface area (Å²) >= 11 is 6.68. The van der Waals surface area contributed by atoms with E-state index in [1.54, 1.807) is 0 Å². The first-order valence-corrected chi connectivity index (χ1v) is 13.1. The van der Waals surface area contributed by atoms with E-state index in [0.717, 1.165) is 5.02 Å². The lowest BCUT2D eigenvalue weighted by Gasteiger charge is -2.39. The van der Waals surface area contributed by atoms with Crippen LogP contribution >= 0.6 is 11.6 Å². The molecule has 2 heteroatoms. The Morgan fingerprint density at radius 2 is 1.27 bits per heavy atom. The predicted octanol–water partition coefficient (Wildman–Crippen LogP) is 9.27. The molecular weight excluding hydrogens is 470 g/mol. The fourth-order valence-electron chi connectivity index (χ4n) is 7.35. The lowest BCUT2D eigenvalue weighted by atomic mass is 9.65. The molecule has 0 saturated heterocycles. The second-order valence-electron chi connectivity index (χ2n) is 10.2. The summed E-state index contributed by atoms with van der Waals surface area (Å²) in [5.41, 5.74) is 11.2. The molecule has 0 amide bonds. The van der Waals surface area contributed by atoms with E-state index in [9.17, 15) is 0 Å². The fraction of sp³-hybridized carbons (Fsp3) is 0.0286. The summed E-state index contributed by atoms with van der Waals surface area (Å²) in [4.78, 5) is 0. The number of benzene rings is 6. The molecule has 6 aromatic carbocycles. The van der Waals surface area contributed by atoms with Crippen LogP contribution in [0.2, 0.25) is 5.02 Å². The number of fused-ring (bicyclic) bond motifs is 14. The molecule has 0 fully saturated rings. The highest BCUT2D eigenvalue weighted by molar-refractivity contribution is 6.31. The van der Waals surface area contributed by atoms with Crippen molar-refractivity contribution >= 4 is 44.2 Å². The van der Waals surface area contributed by atoms with Gasteiger partial charge in [-0.1, -0.05) is 109 Å². The summed E-state index contributed by atoms with van der Waals surface area (Å²) < 4.78 is 2.48. The van der Waals surface area contributed by atoms with Gasteiger partial charge in [-0.25, -0.2) is 0 Å². The van der Waals surface area contributed by atoms with Crippen LogP contribution in [0.15, 0.2) is 121 Å². The van der Waals surface area contributed by atoms with E-state index in [1.165, 1.54) is 71.6 Å². The summed E-state index contributed by atoms with van der Waals surface area (Å²) in [6.45, 7) is 0. The second-order valence-corrected chi connectivity index (χ2v) is 10.7. The third kappa shape index (κ3) is 2.20. The van der Waals surface area contributed by atoms with E-state index in [4.69, 9.17) is 11.6 Å². The Kier molecular flexibility index (Phi) is 3.59. The second kappa shape index (κ2) is 6.70. The van der Waals surface area contributed by atoms with Crippen LogP contribution in [0.5, 0.6) is 0 Å². The van der Waals surface area contributed by atoms with E-state index in [1.807, 2.05) is 0 Å². The summed E-state index contributed by atoms with van der Waals surface area (Å²) in [6.07, 6.45) is 0. The number of rotatable bonds is 0. The van der Waals surface area contributed by atoms with Crippen LogP contribution in [0.25, 0.3) is 49.4 Å². The lowest BCUT2D eigenvalue weighted by Crippen LogP contribution is -2.33. The highest BCUT2D eigenvalue weighted by Gasteiger charge is 2.51. The highest BCUT2D eigenvalue weighted by Crippen LogP contribution is 2.62. The van der Waals surface area contributed by atoms with Crippen molar-refractivity contribution in [3.8, 4) is 16.8 Å². The van der Waals surface area contributed by atoms with Crippen molar-refractivity contribution in [2.45, 2.75) is 5.41 Å². The third-order valence-electron chi connectivity index (χ3n) is 8.64. The number of para-hydroxylation sites is 3. The maximum absolute atomic E-state index is 6.68. The highest BCUT2D eigenvalue weighted by atomic mass is 35.5. The van der Waals surface area contributed by atoms with Crippen LogP contribution < -0.4 is 0 Å². The normalized spacial score (nSPS) is 16.9. The summed E-state index contributed by atoms with van der Waals surface area (Å²) in [5, 5.41) is 5.88. The average Bonchev–Trinajstić information content (AvgIpc) is 3.43. The third-order valence-corrected chi connectivity index (χ3v) is 8.87. The van der Waals surface area contributed by atoms with Crippen LogP contribution in [-0.2, 0) is 5.41 Å². The molecule has 1 aliphatic heterocycles. The van der Waals surface area contributed by atoms with Gasteiger partial charge in [0.15, 0.2) is 0 Å². The van der Waals surface area contributed by atoms with Crippen molar-refractivity contribution in [3.63, 3.8) is 0 Å². The number of hydrogen-bond donors (Lipinski definition) is 0. The lowest BCUT2D eigenvalue weighted by molar-refractivity contribution is 0.749. The molecule has 37 heavy (non-hydrogen) atoms. The zero-order valence-electron chi connectivity index (χ0n) is 19.9. The SMILES string of the molecule is Clc1ccc2c(c1)-c1c(ccc3ccccc13)C21c2ccccc2-n2c3ccccc3c3cccc1c32. The van der Waals surface area contributed by atoms with E-state index in [2.05, 4.69) is 126 Å². The minimum Gasteiger partial charge on any atom is -0.309 e. The molecule has 1 aromatic heterocycles. The summed E-state index contributed by atoms with van der Waals surface area (Å²) in [7, 11) is 0. The van der Waals surface area contributed by atoms with Crippen molar-refractivity contribution in [1.82, 2.24) is 4.57 Å². The van der Waals surface area contributed by atoms with Crippen LogP contribution in [0.4, 0.5) is 0 Å². The first-order chi connectivity index (χ1) is 18.3. The summed E-state index contributed by atoms with van der Waals surface area (Å²) in [6, 6.07) is 44.5. The van der Waals surface area contributed by atoms with Gasteiger partial charge in [-0.05, 0) is 68.4 Å². The topological polar surface area (TPSA) is 4.93 Å². The smallest absolute Gasteiger partial charge is 0.0754 e. The maximum Gasteiger partial charge on any atom is 0.0754 e. The molecule has 1 atom stereocenters. The van der Waals surface area contributed by atoms with Gasteiger partial charge in [0.1, 0.15) is 0 Å². The van der Waals surface area contributed by atoms with Crippen molar-refractivity contribution in [1.29, 1.82) is 0 Å². The Morgan fingerprint density at radius 1 is 0.541 bits per heavy atom. The molecule has 7 aromatic rings. The van der Waals surface area contributed by atoms with Gasteiger partial charge in [0.25, 0.3) is 0 Å². The fourth-order valence-corrected chi connectivity index (χ4v) is 7.52. The van der Waals surface area contributed by atoms with E-state index in [-0.39, 0.29) is 0 Å². The Balaban J connectivity index is 1.59. The molecule has 0 N–H and O–H groups in total. The van der Waals surface area contributed by atoms with Gasteiger partial charge < -0.3 is 4.57 Å². The van der Waals surface area contributed by atoms with Crippen molar-refractivity contribution in [3.05, 3.63) is 149 Å². The zero-order valence-corrected chi connectivity index (χ0v) is 20.6. The molecule has 172 valence electrons. The molecule has 1 nitrogen and oxygen atoms in total. The quantitative estimate of drug-likeness (QED) is 0.200. The van der Waals surface area contributed by atoms with Crippen LogP contribution in [0.1, 0.15) is 22.3 Å². The predicted molar refractivity (Wildman–Crippen MR) is 154 cm³/mol. The molecule has 9 rings (SSSR count).